The topological polar surface area (TPSA) is 73.6 Å². The lowest BCUT2D eigenvalue weighted by atomic mass is 10.1. The molecule has 1 fully saturated rings. The number of nitrogens with one attached hydrogen (secondary N) is 1. The van der Waals surface area contributed by atoms with E-state index in [9.17, 15) is 4.79 Å². The van der Waals surface area contributed by atoms with Crippen LogP contribution in [0.2, 0.25) is 0 Å². The van der Waals surface area contributed by atoms with Crippen molar-refractivity contribution in [2.75, 3.05) is 13.2 Å². The van der Waals surface area contributed by atoms with Crippen LogP contribution in [-0.4, -0.2) is 36.3 Å². The van der Waals surface area contributed by atoms with Crippen LogP contribution in [0.3, 0.4) is 0 Å². The van der Waals surface area contributed by atoms with Gasteiger partial charge < -0.3 is 19.2 Å². The van der Waals surface area contributed by atoms with Gasteiger partial charge in [-0.1, -0.05) is 30.3 Å². The molecule has 122 valence electrons. The van der Waals surface area contributed by atoms with Crippen molar-refractivity contribution in [1.29, 1.82) is 0 Å². The molecule has 1 N–H and O–H groups in total. The lowest BCUT2D eigenvalue weighted by molar-refractivity contribution is -0.0605. The van der Waals surface area contributed by atoms with Crippen LogP contribution in [0.15, 0.2) is 41.1 Å². The van der Waals surface area contributed by atoms with Crippen LogP contribution in [0.4, 0.5) is 0 Å². The molecule has 6 heteroatoms. The Labute approximate surface area is 134 Å². The highest BCUT2D eigenvalue weighted by Crippen LogP contribution is 2.15. The molecule has 1 aromatic heterocycles. The third kappa shape index (κ3) is 3.97. The largest absolute Gasteiger partial charge is 0.448 e. The Morgan fingerprint density at radius 3 is 2.96 bits per heavy atom. The van der Waals surface area contributed by atoms with Gasteiger partial charge in [-0.3, -0.25) is 4.79 Å². The molecule has 2 heterocycles. The van der Waals surface area contributed by atoms with Crippen LogP contribution in [0.5, 0.6) is 0 Å². The number of oxazole rings is 1. The second-order valence-electron chi connectivity index (χ2n) is 5.54. The van der Waals surface area contributed by atoms with E-state index in [-0.39, 0.29) is 18.1 Å². The summed E-state index contributed by atoms with van der Waals surface area (Å²) in [5, 5.41) is 2.94. The Hall–Kier alpha value is -2.18. The molecule has 1 aliphatic heterocycles. The predicted octanol–water partition coefficient (Wildman–Crippen LogP) is 2.09. The summed E-state index contributed by atoms with van der Waals surface area (Å²) < 4.78 is 16.5. The summed E-state index contributed by atoms with van der Waals surface area (Å²) in [6, 6.07) is 9.78. The number of carbonyl (C=O) groups excluding carboxylic acids is 1. The van der Waals surface area contributed by atoms with Crippen LogP contribution in [0.25, 0.3) is 0 Å². The maximum absolute atomic E-state index is 12.3. The zero-order valence-corrected chi connectivity index (χ0v) is 13.0. The molecular weight excluding hydrogens is 296 g/mol. The number of hydrogen-bond acceptors (Lipinski definition) is 5. The third-order valence-electron chi connectivity index (χ3n) is 3.88. The minimum atomic E-state index is -0.264. The van der Waals surface area contributed by atoms with Crippen molar-refractivity contribution >= 4 is 5.91 Å². The molecule has 3 rings (SSSR count). The van der Waals surface area contributed by atoms with Gasteiger partial charge in [0.2, 0.25) is 0 Å². The van der Waals surface area contributed by atoms with E-state index in [1.54, 1.807) is 6.92 Å². The van der Waals surface area contributed by atoms with Crippen molar-refractivity contribution in [2.24, 2.45) is 0 Å². The summed E-state index contributed by atoms with van der Waals surface area (Å²) in [5.74, 6) is 0.237. The molecule has 1 amide bonds. The quantitative estimate of drug-likeness (QED) is 0.914. The van der Waals surface area contributed by atoms with Crippen molar-refractivity contribution in [3.63, 3.8) is 0 Å². The first-order valence-corrected chi connectivity index (χ1v) is 7.68. The number of aromatic nitrogens is 1. The van der Waals surface area contributed by atoms with Gasteiger partial charge in [0.25, 0.3) is 5.91 Å². The fraction of sp³-hybridized carbons (Fsp3) is 0.412. The molecule has 0 unspecified atom stereocenters. The minimum Gasteiger partial charge on any atom is -0.448 e. The van der Waals surface area contributed by atoms with E-state index in [0.717, 1.165) is 12.0 Å². The van der Waals surface area contributed by atoms with Gasteiger partial charge in [0, 0.05) is 6.61 Å². The van der Waals surface area contributed by atoms with Crippen molar-refractivity contribution < 1.29 is 18.7 Å². The van der Waals surface area contributed by atoms with Crippen molar-refractivity contribution in [2.45, 2.75) is 32.1 Å². The molecule has 1 aromatic carbocycles. The fourth-order valence-corrected chi connectivity index (χ4v) is 2.59. The van der Waals surface area contributed by atoms with Crippen LogP contribution >= 0.6 is 0 Å². The monoisotopic (exact) mass is 316 g/mol. The van der Waals surface area contributed by atoms with Gasteiger partial charge in [-0.2, -0.15) is 0 Å². The van der Waals surface area contributed by atoms with Gasteiger partial charge in [0.15, 0.2) is 12.1 Å². The van der Waals surface area contributed by atoms with E-state index in [4.69, 9.17) is 13.9 Å². The lowest BCUT2D eigenvalue weighted by Crippen LogP contribution is -2.50. The number of ether oxygens (including phenoxy) is 2. The van der Waals surface area contributed by atoms with E-state index >= 15 is 0 Å². The highest BCUT2D eigenvalue weighted by Gasteiger charge is 2.29. The number of hydrogen-bond donors (Lipinski definition) is 1. The number of rotatable bonds is 5. The van der Waals surface area contributed by atoms with E-state index in [1.165, 1.54) is 6.39 Å². The minimum absolute atomic E-state index is 0.0832. The molecule has 6 nitrogen and oxygen atoms in total. The van der Waals surface area contributed by atoms with E-state index < -0.39 is 0 Å². The first-order valence-electron chi connectivity index (χ1n) is 7.68. The smallest absolute Gasteiger partial charge is 0.273 e. The molecule has 1 saturated heterocycles. The van der Waals surface area contributed by atoms with E-state index in [0.29, 0.717) is 31.3 Å². The number of aryl methyl sites for hydroxylation is 1. The molecule has 2 aromatic rings. The second kappa shape index (κ2) is 7.39. The predicted molar refractivity (Wildman–Crippen MR) is 82.9 cm³/mol. The summed E-state index contributed by atoms with van der Waals surface area (Å²) >= 11 is 0. The molecule has 23 heavy (non-hydrogen) atoms. The molecule has 0 spiro atoms. The number of benzene rings is 1. The van der Waals surface area contributed by atoms with Crippen molar-refractivity contribution in [3.8, 4) is 0 Å². The van der Waals surface area contributed by atoms with Gasteiger partial charge >= 0.3 is 0 Å². The maximum atomic E-state index is 12.3. The molecule has 1 aliphatic rings. The Kier molecular flexibility index (Phi) is 5.05. The second-order valence-corrected chi connectivity index (χ2v) is 5.54. The first kappa shape index (κ1) is 15.7. The van der Waals surface area contributed by atoms with Crippen LogP contribution in [0, 0.1) is 6.92 Å². The maximum Gasteiger partial charge on any atom is 0.273 e. The summed E-state index contributed by atoms with van der Waals surface area (Å²) in [5.41, 5.74) is 1.41. The molecule has 0 bridgehead atoms. The molecule has 0 aliphatic carbocycles. The van der Waals surface area contributed by atoms with E-state index in [1.807, 2.05) is 30.3 Å². The van der Waals surface area contributed by atoms with Crippen molar-refractivity contribution in [3.05, 3.63) is 53.7 Å². The fourth-order valence-electron chi connectivity index (χ4n) is 2.59. The third-order valence-corrected chi connectivity index (χ3v) is 3.88. The Bertz CT molecular complexity index is 641. The van der Waals surface area contributed by atoms with Gasteiger partial charge in [-0.25, -0.2) is 4.98 Å². The average Bonchev–Trinajstić information content (AvgIpc) is 3.01. The molecule has 0 saturated carbocycles. The number of nitrogens with zero attached hydrogens (tertiary/aromatic N) is 1. The normalized spacial score (nSPS) is 21.1. The van der Waals surface area contributed by atoms with Crippen LogP contribution in [-0.2, 0) is 16.1 Å². The number of amides is 1. The average molecular weight is 316 g/mol. The highest BCUT2D eigenvalue weighted by atomic mass is 16.5. The zero-order valence-electron chi connectivity index (χ0n) is 13.0. The summed E-state index contributed by atoms with van der Waals surface area (Å²) in [6.07, 6.45) is 1.93. The lowest BCUT2D eigenvalue weighted by Gasteiger charge is -2.32. The van der Waals surface area contributed by atoms with Gasteiger partial charge in [0.05, 0.1) is 25.4 Å². The van der Waals surface area contributed by atoms with Crippen LogP contribution < -0.4 is 5.32 Å². The van der Waals surface area contributed by atoms with Gasteiger partial charge in [0.1, 0.15) is 5.76 Å². The Morgan fingerprint density at radius 1 is 1.39 bits per heavy atom. The summed E-state index contributed by atoms with van der Waals surface area (Å²) in [6.45, 7) is 3.29. The number of carbonyl (C=O) groups is 1. The molecular formula is C17H20N2O4. The Balaban J connectivity index is 1.60. The summed E-state index contributed by atoms with van der Waals surface area (Å²) in [7, 11) is 0. The SMILES string of the molecule is Cc1ocnc1C(=O)N[C@@H]1COCC[C@@H]1OCc1ccccc1. The molecule has 0 radical (unpaired) electrons. The van der Waals surface area contributed by atoms with Crippen LogP contribution in [0.1, 0.15) is 28.2 Å². The summed E-state index contributed by atoms with van der Waals surface area (Å²) in [4.78, 5) is 16.2. The highest BCUT2D eigenvalue weighted by molar-refractivity contribution is 5.93. The van der Waals surface area contributed by atoms with Crippen molar-refractivity contribution in [1.82, 2.24) is 10.3 Å². The standard InChI is InChI=1S/C17H20N2O4/c1-12-16(18-11-23-12)17(20)19-14-10-21-8-7-15(14)22-9-13-5-3-2-4-6-13/h2-6,11,14-15H,7-10H2,1H3,(H,19,20)/t14-,15+/m1/s1. The van der Waals surface area contributed by atoms with Gasteiger partial charge in [-0.15, -0.1) is 0 Å². The zero-order chi connectivity index (χ0) is 16.1. The Morgan fingerprint density at radius 2 is 2.22 bits per heavy atom. The van der Waals surface area contributed by atoms with E-state index in [2.05, 4.69) is 10.3 Å². The molecule has 2 atom stereocenters. The van der Waals surface area contributed by atoms with Gasteiger partial charge in [-0.05, 0) is 18.9 Å². The first-order chi connectivity index (χ1) is 11.2.